The van der Waals surface area contributed by atoms with Crippen LogP contribution in [-0.4, -0.2) is 0 Å². The Morgan fingerprint density at radius 2 is 2.33 bits per heavy atom. The van der Waals surface area contributed by atoms with Crippen molar-refractivity contribution in [1.82, 2.24) is 0 Å². The molecule has 0 N–H and O–H groups in total. The molecule has 2 aliphatic rings. The quantitative estimate of drug-likeness (QED) is 0.469. The largest absolute Gasteiger partial charge is 0.0681 e. The lowest BCUT2D eigenvalue weighted by Crippen LogP contribution is -1.93. The summed E-state index contributed by atoms with van der Waals surface area (Å²) in [4.78, 5) is 0. The van der Waals surface area contributed by atoms with Gasteiger partial charge in [0.25, 0.3) is 0 Å². The lowest BCUT2D eigenvalue weighted by Gasteiger charge is -2.07. The highest BCUT2D eigenvalue weighted by Gasteiger charge is 2.40. The van der Waals surface area contributed by atoms with Crippen LogP contribution in [0.4, 0.5) is 0 Å². The van der Waals surface area contributed by atoms with Crippen molar-refractivity contribution >= 4 is 0 Å². The Labute approximate surface area is 57.0 Å². The molecule has 2 unspecified atom stereocenters. The molecule has 0 aliphatic heterocycles. The van der Waals surface area contributed by atoms with E-state index in [2.05, 4.69) is 13.8 Å². The van der Waals surface area contributed by atoms with E-state index in [1.165, 1.54) is 19.3 Å². The van der Waals surface area contributed by atoms with Crippen LogP contribution >= 0.6 is 0 Å². The van der Waals surface area contributed by atoms with Crippen molar-refractivity contribution in [2.45, 2.75) is 33.1 Å². The molecule has 2 rings (SSSR count). The predicted octanol–water partition coefficient (Wildman–Crippen LogP) is 2.75. The van der Waals surface area contributed by atoms with Gasteiger partial charge in [0.2, 0.25) is 0 Å². The summed E-state index contributed by atoms with van der Waals surface area (Å²) >= 11 is 0. The summed E-state index contributed by atoms with van der Waals surface area (Å²) in [5, 5.41) is 0. The van der Waals surface area contributed by atoms with Crippen LogP contribution in [0.5, 0.6) is 0 Å². The molecule has 1 saturated carbocycles. The van der Waals surface area contributed by atoms with E-state index in [0.717, 1.165) is 11.8 Å². The minimum Gasteiger partial charge on any atom is -0.0681 e. The van der Waals surface area contributed by atoms with Gasteiger partial charge in [-0.1, -0.05) is 25.0 Å². The van der Waals surface area contributed by atoms with Crippen LogP contribution < -0.4 is 0 Å². The molecule has 9 heavy (non-hydrogen) atoms. The normalized spacial score (nSPS) is 39.3. The molecule has 50 valence electrons. The van der Waals surface area contributed by atoms with Gasteiger partial charge in [0, 0.05) is 0 Å². The molecule has 0 nitrogen and oxygen atoms in total. The third kappa shape index (κ3) is 0.654. The Bertz CT molecular complexity index is 165. The van der Waals surface area contributed by atoms with E-state index in [1.807, 2.05) is 5.57 Å². The molecule has 0 heteroatoms. The standard InChI is InChI=1S/C9H14/c1-3-8-6(2)4-7-5-9(7)8/h6-7H,3-5H2,1-2H3. The minimum absolute atomic E-state index is 0.934. The zero-order valence-electron chi connectivity index (χ0n) is 6.28. The predicted molar refractivity (Wildman–Crippen MR) is 39.2 cm³/mol. The molecule has 0 heterocycles. The minimum atomic E-state index is 0.934. The van der Waals surface area contributed by atoms with E-state index >= 15 is 0 Å². The molecule has 1 fully saturated rings. The molecule has 0 spiro atoms. The summed E-state index contributed by atoms with van der Waals surface area (Å²) in [6.07, 6.45) is 4.24. The monoisotopic (exact) mass is 122 g/mol. The maximum Gasteiger partial charge on any atom is -0.0157 e. The molecule has 0 aromatic heterocycles. The third-order valence-corrected chi connectivity index (χ3v) is 2.83. The highest BCUT2D eigenvalue weighted by atomic mass is 14.4. The number of hydrogen-bond donors (Lipinski definition) is 0. The van der Waals surface area contributed by atoms with Crippen LogP contribution in [0.25, 0.3) is 0 Å². The Balaban J connectivity index is 2.24. The van der Waals surface area contributed by atoms with E-state index in [1.54, 1.807) is 5.57 Å². The second kappa shape index (κ2) is 1.62. The van der Waals surface area contributed by atoms with Crippen molar-refractivity contribution in [3.63, 3.8) is 0 Å². The van der Waals surface area contributed by atoms with Crippen LogP contribution in [0.2, 0.25) is 0 Å². The SMILES string of the molecule is CCC1=C2CC2CC1C. The van der Waals surface area contributed by atoms with Crippen LogP contribution in [0.3, 0.4) is 0 Å². The average Bonchev–Trinajstić information content (AvgIpc) is 2.45. The second-order valence-corrected chi connectivity index (χ2v) is 3.44. The zero-order valence-corrected chi connectivity index (χ0v) is 6.28. The first kappa shape index (κ1) is 5.52. The summed E-state index contributed by atoms with van der Waals surface area (Å²) in [5.41, 5.74) is 3.62. The van der Waals surface area contributed by atoms with E-state index in [0.29, 0.717) is 0 Å². The van der Waals surface area contributed by atoms with Gasteiger partial charge in [-0.15, -0.1) is 0 Å². The van der Waals surface area contributed by atoms with Gasteiger partial charge < -0.3 is 0 Å². The fraction of sp³-hybridized carbons (Fsp3) is 0.778. The maximum absolute atomic E-state index is 2.37. The third-order valence-electron chi connectivity index (χ3n) is 2.83. The molecule has 0 aromatic carbocycles. The Morgan fingerprint density at radius 1 is 1.56 bits per heavy atom. The lowest BCUT2D eigenvalue weighted by atomic mass is 9.98. The number of hydrogen-bond acceptors (Lipinski definition) is 0. The van der Waals surface area contributed by atoms with E-state index < -0.39 is 0 Å². The lowest BCUT2D eigenvalue weighted by molar-refractivity contribution is 0.591. The number of allylic oxidation sites excluding steroid dienone is 2. The van der Waals surface area contributed by atoms with Gasteiger partial charge in [0.05, 0.1) is 0 Å². The zero-order chi connectivity index (χ0) is 6.43. The highest BCUT2D eigenvalue weighted by molar-refractivity contribution is 5.36. The van der Waals surface area contributed by atoms with E-state index in [-0.39, 0.29) is 0 Å². The fourth-order valence-electron chi connectivity index (χ4n) is 2.29. The molecule has 0 bridgehead atoms. The van der Waals surface area contributed by atoms with Gasteiger partial charge in [0.1, 0.15) is 0 Å². The molecule has 2 atom stereocenters. The molecular formula is C9H14. The highest BCUT2D eigenvalue weighted by Crippen LogP contribution is 2.54. The van der Waals surface area contributed by atoms with Crippen molar-refractivity contribution in [2.24, 2.45) is 11.8 Å². The summed E-state index contributed by atoms with van der Waals surface area (Å²) in [7, 11) is 0. The molecule has 2 aliphatic carbocycles. The first-order valence-corrected chi connectivity index (χ1v) is 4.04. The second-order valence-electron chi connectivity index (χ2n) is 3.44. The molecule has 0 saturated heterocycles. The van der Waals surface area contributed by atoms with Gasteiger partial charge in [-0.25, -0.2) is 0 Å². The van der Waals surface area contributed by atoms with Crippen LogP contribution in [0.15, 0.2) is 11.1 Å². The first-order valence-electron chi connectivity index (χ1n) is 4.04. The number of fused-ring (bicyclic) bond motifs is 1. The van der Waals surface area contributed by atoms with Gasteiger partial charge >= 0.3 is 0 Å². The molecular weight excluding hydrogens is 108 g/mol. The van der Waals surface area contributed by atoms with Crippen LogP contribution in [-0.2, 0) is 0 Å². The first-order chi connectivity index (χ1) is 4.33. The summed E-state index contributed by atoms with van der Waals surface area (Å²) in [6, 6.07) is 0. The Morgan fingerprint density at radius 3 is 2.67 bits per heavy atom. The Kier molecular flexibility index (Phi) is 0.992. The van der Waals surface area contributed by atoms with Gasteiger partial charge in [0.15, 0.2) is 0 Å². The van der Waals surface area contributed by atoms with Crippen molar-refractivity contribution in [3.05, 3.63) is 11.1 Å². The molecule has 0 amide bonds. The molecule has 0 aromatic rings. The van der Waals surface area contributed by atoms with Crippen molar-refractivity contribution in [3.8, 4) is 0 Å². The molecule has 0 radical (unpaired) electrons. The van der Waals surface area contributed by atoms with Crippen molar-refractivity contribution in [2.75, 3.05) is 0 Å². The topological polar surface area (TPSA) is 0 Å². The maximum atomic E-state index is 2.37. The van der Waals surface area contributed by atoms with Crippen LogP contribution in [0.1, 0.15) is 33.1 Å². The average molecular weight is 122 g/mol. The van der Waals surface area contributed by atoms with E-state index in [9.17, 15) is 0 Å². The van der Waals surface area contributed by atoms with Crippen molar-refractivity contribution < 1.29 is 0 Å². The summed E-state index contributed by atoms with van der Waals surface area (Å²) in [6.45, 7) is 4.66. The smallest absolute Gasteiger partial charge is 0.0157 e. The van der Waals surface area contributed by atoms with Crippen molar-refractivity contribution in [1.29, 1.82) is 0 Å². The van der Waals surface area contributed by atoms with Gasteiger partial charge in [-0.05, 0) is 31.1 Å². The summed E-state index contributed by atoms with van der Waals surface area (Å²) in [5.74, 6) is 1.98. The van der Waals surface area contributed by atoms with Crippen LogP contribution in [0, 0.1) is 11.8 Å². The van der Waals surface area contributed by atoms with E-state index in [4.69, 9.17) is 0 Å². The fourth-order valence-corrected chi connectivity index (χ4v) is 2.29. The van der Waals surface area contributed by atoms with Gasteiger partial charge in [-0.3, -0.25) is 0 Å². The number of rotatable bonds is 1. The Hall–Kier alpha value is -0.260. The van der Waals surface area contributed by atoms with Gasteiger partial charge in [-0.2, -0.15) is 0 Å². The summed E-state index contributed by atoms with van der Waals surface area (Å²) < 4.78 is 0.